The number of nitrogens with one attached hydrogen (secondary N) is 1. The number of hydrogen-bond donors (Lipinski definition) is 2. The summed E-state index contributed by atoms with van der Waals surface area (Å²) in [6, 6.07) is 3.47. The maximum Gasteiger partial charge on any atom is 0.129 e. The Morgan fingerprint density at radius 1 is 1.33 bits per heavy atom. The van der Waals surface area contributed by atoms with E-state index in [2.05, 4.69) is 5.43 Å². The van der Waals surface area contributed by atoms with Crippen LogP contribution in [0.5, 0.6) is 0 Å². The molecule has 0 heterocycles. The van der Waals surface area contributed by atoms with Crippen LogP contribution in [0.2, 0.25) is 0 Å². The lowest BCUT2D eigenvalue weighted by molar-refractivity contribution is 0.137. The van der Waals surface area contributed by atoms with E-state index < -0.39 is 11.6 Å². The summed E-state index contributed by atoms with van der Waals surface area (Å²) in [5.41, 5.74) is 2.91. The number of nitrogens with two attached hydrogens (primary N) is 1. The normalized spacial score (nSPS) is 14.0. The second-order valence-corrected chi connectivity index (χ2v) is 5.21. The maximum atomic E-state index is 13.6. The molecule has 0 spiro atoms. The minimum atomic E-state index is -0.569. The van der Waals surface area contributed by atoms with Crippen LogP contribution in [0.1, 0.15) is 19.4 Å². The predicted molar refractivity (Wildman–Crippen MR) is 68.9 cm³/mol. The van der Waals surface area contributed by atoms with Crippen molar-refractivity contribution in [3.63, 3.8) is 0 Å². The summed E-state index contributed by atoms with van der Waals surface area (Å²) >= 11 is 0. The Kier molecular flexibility index (Phi) is 4.78. The first kappa shape index (κ1) is 15.0. The fraction of sp³-hybridized carbons (Fsp3) is 0.538. The van der Waals surface area contributed by atoms with Crippen molar-refractivity contribution in [2.75, 3.05) is 14.1 Å². The van der Waals surface area contributed by atoms with Gasteiger partial charge in [-0.25, -0.2) is 8.78 Å². The highest BCUT2D eigenvalue weighted by molar-refractivity contribution is 5.20. The van der Waals surface area contributed by atoms with Gasteiger partial charge in [0.2, 0.25) is 0 Å². The molecule has 1 rings (SSSR count). The molecule has 0 aliphatic rings. The van der Waals surface area contributed by atoms with Gasteiger partial charge in [-0.2, -0.15) is 0 Å². The van der Waals surface area contributed by atoms with Gasteiger partial charge in [0, 0.05) is 17.6 Å². The van der Waals surface area contributed by atoms with E-state index in [0.29, 0.717) is 12.0 Å². The van der Waals surface area contributed by atoms with Crippen molar-refractivity contribution in [2.45, 2.75) is 31.8 Å². The second kappa shape index (κ2) is 5.73. The summed E-state index contributed by atoms with van der Waals surface area (Å²) in [6.07, 6.45) is 0.397. The van der Waals surface area contributed by atoms with Gasteiger partial charge in [0.15, 0.2) is 0 Å². The average molecular weight is 257 g/mol. The van der Waals surface area contributed by atoms with Gasteiger partial charge in [-0.1, -0.05) is 6.07 Å². The molecule has 3 nitrogen and oxygen atoms in total. The summed E-state index contributed by atoms with van der Waals surface area (Å²) in [4.78, 5) is 2.01. The first-order valence-electron chi connectivity index (χ1n) is 5.86. The molecule has 102 valence electrons. The summed E-state index contributed by atoms with van der Waals surface area (Å²) in [6.45, 7) is 4.03. The Hall–Kier alpha value is -1.04. The standard InChI is InChI=1S/C13H21F2N3/c1-13(2,18(3)4)12(17-16)7-9-5-6-10(14)8-11(9)15/h5-6,8,12,17H,7,16H2,1-4H3. The molecule has 0 fully saturated rings. The van der Waals surface area contributed by atoms with E-state index in [9.17, 15) is 8.78 Å². The van der Waals surface area contributed by atoms with Crippen LogP contribution in [0.15, 0.2) is 18.2 Å². The molecular weight excluding hydrogens is 236 g/mol. The topological polar surface area (TPSA) is 41.3 Å². The molecule has 1 unspecified atom stereocenters. The number of rotatable bonds is 5. The molecule has 0 aromatic heterocycles. The van der Waals surface area contributed by atoms with Gasteiger partial charge in [0.1, 0.15) is 11.6 Å². The van der Waals surface area contributed by atoms with Crippen LogP contribution >= 0.6 is 0 Å². The highest BCUT2D eigenvalue weighted by Gasteiger charge is 2.31. The van der Waals surface area contributed by atoms with Crippen molar-refractivity contribution in [1.29, 1.82) is 0 Å². The third-order valence-electron chi connectivity index (χ3n) is 3.65. The van der Waals surface area contributed by atoms with Gasteiger partial charge in [0.05, 0.1) is 0 Å². The molecule has 18 heavy (non-hydrogen) atoms. The fourth-order valence-corrected chi connectivity index (χ4v) is 1.73. The molecule has 5 heteroatoms. The minimum absolute atomic E-state index is 0.146. The number of likely N-dealkylation sites (N-methyl/N-ethyl adjacent to an activating group) is 1. The highest BCUT2D eigenvalue weighted by Crippen LogP contribution is 2.20. The maximum absolute atomic E-state index is 13.6. The van der Waals surface area contributed by atoms with Crippen molar-refractivity contribution in [1.82, 2.24) is 10.3 Å². The second-order valence-electron chi connectivity index (χ2n) is 5.21. The van der Waals surface area contributed by atoms with Crippen molar-refractivity contribution in [2.24, 2.45) is 5.84 Å². The van der Waals surface area contributed by atoms with Crippen molar-refractivity contribution in [3.8, 4) is 0 Å². The lowest BCUT2D eigenvalue weighted by Gasteiger charge is -2.40. The van der Waals surface area contributed by atoms with Crippen molar-refractivity contribution < 1.29 is 8.78 Å². The number of nitrogens with zero attached hydrogens (tertiary/aromatic N) is 1. The summed E-state index contributed by atoms with van der Waals surface area (Å²) < 4.78 is 26.5. The Morgan fingerprint density at radius 2 is 1.94 bits per heavy atom. The van der Waals surface area contributed by atoms with Crippen LogP contribution in [0.4, 0.5) is 8.78 Å². The zero-order chi connectivity index (χ0) is 13.9. The van der Waals surface area contributed by atoms with E-state index in [4.69, 9.17) is 5.84 Å². The van der Waals surface area contributed by atoms with Crippen LogP contribution in [0.25, 0.3) is 0 Å². The molecule has 0 amide bonds. The molecule has 0 radical (unpaired) electrons. The van der Waals surface area contributed by atoms with Gasteiger partial charge in [0.25, 0.3) is 0 Å². The predicted octanol–water partition coefficient (Wildman–Crippen LogP) is 1.68. The Balaban J connectivity index is 2.93. The fourth-order valence-electron chi connectivity index (χ4n) is 1.73. The van der Waals surface area contributed by atoms with E-state index in [1.54, 1.807) is 0 Å². The van der Waals surface area contributed by atoms with Gasteiger partial charge in [-0.3, -0.25) is 11.3 Å². The van der Waals surface area contributed by atoms with Crippen molar-refractivity contribution in [3.05, 3.63) is 35.4 Å². The van der Waals surface area contributed by atoms with Gasteiger partial charge in [-0.05, 0) is 46.0 Å². The summed E-state index contributed by atoms with van der Waals surface area (Å²) in [7, 11) is 3.87. The van der Waals surface area contributed by atoms with Gasteiger partial charge >= 0.3 is 0 Å². The smallest absolute Gasteiger partial charge is 0.129 e. The average Bonchev–Trinajstić information content (AvgIpc) is 2.27. The largest absolute Gasteiger partial charge is 0.303 e. The SMILES string of the molecule is CN(C)C(C)(C)C(Cc1ccc(F)cc1F)NN. The molecule has 0 aliphatic carbocycles. The van der Waals surface area contributed by atoms with Crippen LogP contribution < -0.4 is 11.3 Å². The highest BCUT2D eigenvalue weighted by atomic mass is 19.1. The van der Waals surface area contributed by atoms with Gasteiger partial charge in [-0.15, -0.1) is 0 Å². The van der Waals surface area contributed by atoms with E-state index in [1.165, 1.54) is 12.1 Å². The van der Waals surface area contributed by atoms with E-state index >= 15 is 0 Å². The Bertz CT molecular complexity index is 405. The van der Waals surface area contributed by atoms with Crippen molar-refractivity contribution >= 4 is 0 Å². The third kappa shape index (κ3) is 3.25. The van der Waals surface area contributed by atoms with Crippen LogP contribution in [-0.4, -0.2) is 30.6 Å². The molecule has 3 N–H and O–H groups in total. The molecule has 0 bridgehead atoms. The Labute approximate surface area is 107 Å². The molecule has 0 aliphatic heterocycles. The molecule has 0 saturated carbocycles. The summed E-state index contributed by atoms with van der Waals surface area (Å²) in [5, 5.41) is 0. The minimum Gasteiger partial charge on any atom is -0.303 e. The van der Waals surface area contributed by atoms with Gasteiger partial charge < -0.3 is 4.90 Å². The van der Waals surface area contributed by atoms with E-state index in [1.807, 2.05) is 32.8 Å². The lowest BCUT2D eigenvalue weighted by atomic mass is 9.88. The number of hydrazine groups is 1. The van der Waals surface area contributed by atoms with Crippen LogP contribution in [0, 0.1) is 11.6 Å². The number of benzene rings is 1. The zero-order valence-electron chi connectivity index (χ0n) is 11.3. The van der Waals surface area contributed by atoms with E-state index in [0.717, 1.165) is 6.07 Å². The number of hydrogen-bond acceptors (Lipinski definition) is 3. The quantitative estimate of drug-likeness (QED) is 0.623. The zero-order valence-corrected chi connectivity index (χ0v) is 11.3. The first-order valence-corrected chi connectivity index (χ1v) is 5.86. The molecule has 1 atom stereocenters. The van der Waals surface area contributed by atoms with Crippen LogP contribution in [0.3, 0.4) is 0 Å². The molecular formula is C13H21F2N3. The Morgan fingerprint density at radius 3 is 2.39 bits per heavy atom. The monoisotopic (exact) mass is 257 g/mol. The lowest BCUT2D eigenvalue weighted by Crippen LogP contribution is -2.58. The number of halogens is 2. The molecule has 0 saturated heterocycles. The molecule has 1 aromatic rings. The third-order valence-corrected chi connectivity index (χ3v) is 3.65. The summed E-state index contributed by atoms with van der Waals surface area (Å²) in [5.74, 6) is 4.45. The van der Waals surface area contributed by atoms with E-state index in [-0.39, 0.29) is 11.6 Å². The van der Waals surface area contributed by atoms with Crippen LogP contribution in [-0.2, 0) is 6.42 Å². The molecule has 1 aromatic carbocycles. The first-order chi connectivity index (χ1) is 8.28.